The molecule has 1 aliphatic rings. The van der Waals surface area contributed by atoms with E-state index in [9.17, 15) is 9.18 Å². The van der Waals surface area contributed by atoms with E-state index in [1.54, 1.807) is 6.07 Å². The Bertz CT molecular complexity index is 438. The van der Waals surface area contributed by atoms with E-state index in [-0.39, 0.29) is 11.7 Å². The summed E-state index contributed by atoms with van der Waals surface area (Å²) in [6.45, 7) is 2.07. The molecule has 0 atom stereocenters. The second-order valence-electron chi connectivity index (χ2n) is 4.73. The van der Waals surface area contributed by atoms with E-state index in [0.29, 0.717) is 28.8 Å². The average molecular weight is 301 g/mol. The number of rotatable bonds is 2. The third kappa shape index (κ3) is 2.09. The lowest BCUT2D eigenvalue weighted by Gasteiger charge is -2.45. The number of nitrogens with one attached hydrogen (secondary N) is 1. The third-order valence-corrected chi connectivity index (χ3v) is 3.83. The van der Waals surface area contributed by atoms with Gasteiger partial charge < -0.3 is 0 Å². The van der Waals surface area contributed by atoms with Crippen LogP contribution in [0.15, 0.2) is 22.7 Å². The first-order chi connectivity index (χ1) is 7.98. The van der Waals surface area contributed by atoms with Gasteiger partial charge in [-0.3, -0.25) is 10.2 Å². The smallest absolute Gasteiger partial charge is 0.244 e. The summed E-state index contributed by atoms with van der Waals surface area (Å²) < 4.78 is 14.0. The van der Waals surface area contributed by atoms with Gasteiger partial charge in [-0.05, 0) is 42.5 Å². The molecule has 0 heterocycles. The lowest BCUT2D eigenvalue weighted by Crippen LogP contribution is -2.54. The van der Waals surface area contributed by atoms with Crippen LogP contribution in [0.4, 0.5) is 4.39 Å². The summed E-state index contributed by atoms with van der Waals surface area (Å²) in [5, 5.41) is 0. The lowest BCUT2D eigenvalue weighted by molar-refractivity contribution is -0.131. The van der Waals surface area contributed by atoms with E-state index < -0.39 is 5.41 Å². The summed E-state index contributed by atoms with van der Waals surface area (Å²) in [6.07, 6.45) is 1.40. The Morgan fingerprint density at radius 1 is 1.53 bits per heavy atom. The van der Waals surface area contributed by atoms with Crippen molar-refractivity contribution >= 4 is 21.8 Å². The molecule has 0 bridgehead atoms. The number of amides is 1. The van der Waals surface area contributed by atoms with Crippen molar-refractivity contribution in [3.05, 3.63) is 34.1 Å². The molecule has 0 aliphatic heterocycles. The summed E-state index contributed by atoms with van der Waals surface area (Å²) in [5.74, 6) is 5.08. The molecule has 2 rings (SSSR count). The van der Waals surface area contributed by atoms with Crippen molar-refractivity contribution in [1.29, 1.82) is 0 Å². The van der Waals surface area contributed by atoms with Crippen LogP contribution in [0.5, 0.6) is 0 Å². The molecule has 0 radical (unpaired) electrons. The maximum absolute atomic E-state index is 13.4. The van der Waals surface area contributed by atoms with Gasteiger partial charge in [0, 0.05) is 4.47 Å². The molecule has 0 spiro atoms. The molecule has 1 aromatic rings. The van der Waals surface area contributed by atoms with Crippen LogP contribution in [0, 0.1) is 11.7 Å². The Balaban J connectivity index is 2.43. The maximum Gasteiger partial charge on any atom is 0.244 e. The number of halogens is 2. The van der Waals surface area contributed by atoms with Crippen LogP contribution in [0.2, 0.25) is 0 Å². The highest BCUT2D eigenvalue weighted by atomic mass is 79.9. The Kier molecular flexibility index (Phi) is 3.23. The second-order valence-corrected chi connectivity index (χ2v) is 5.64. The summed E-state index contributed by atoms with van der Waals surface area (Å²) in [5.41, 5.74) is 2.21. The van der Waals surface area contributed by atoms with Crippen LogP contribution in [0.25, 0.3) is 0 Å². The SMILES string of the molecule is CC1CC(C(=O)NN)(c2cc(F)cc(Br)c2)C1. The monoisotopic (exact) mass is 300 g/mol. The summed E-state index contributed by atoms with van der Waals surface area (Å²) in [7, 11) is 0. The van der Waals surface area contributed by atoms with E-state index in [4.69, 9.17) is 5.84 Å². The number of carbonyl (C=O) groups excluding carboxylic acids is 1. The zero-order valence-corrected chi connectivity index (χ0v) is 11.1. The van der Waals surface area contributed by atoms with Crippen molar-refractivity contribution in [3.8, 4) is 0 Å². The Labute approximate surface area is 108 Å². The number of hydrogen-bond acceptors (Lipinski definition) is 2. The van der Waals surface area contributed by atoms with Gasteiger partial charge in [0.2, 0.25) is 5.91 Å². The number of carbonyl (C=O) groups is 1. The van der Waals surface area contributed by atoms with Crippen molar-refractivity contribution in [2.24, 2.45) is 11.8 Å². The first-order valence-electron chi connectivity index (χ1n) is 5.45. The van der Waals surface area contributed by atoms with E-state index >= 15 is 0 Å². The molecule has 0 unspecified atom stereocenters. The molecule has 0 aromatic heterocycles. The molecule has 1 amide bonds. The Morgan fingerprint density at radius 2 is 2.18 bits per heavy atom. The van der Waals surface area contributed by atoms with Gasteiger partial charge in [-0.25, -0.2) is 10.2 Å². The Hall–Kier alpha value is -0.940. The minimum absolute atomic E-state index is 0.242. The lowest BCUT2D eigenvalue weighted by atomic mass is 9.58. The van der Waals surface area contributed by atoms with Crippen LogP contribution in [0.1, 0.15) is 25.3 Å². The van der Waals surface area contributed by atoms with Gasteiger partial charge in [0.25, 0.3) is 0 Å². The number of hydrazine groups is 1. The highest BCUT2D eigenvalue weighted by molar-refractivity contribution is 9.10. The fourth-order valence-corrected chi connectivity index (χ4v) is 3.12. The summed E-state index contributed by atoms with van der Waals surface area (Å²) >= 11 is 3.24. The predicted octanol–water partition coefficient (Wildman–Crippen LogP) is 2.25. The molecule has 1 saturated carbocycles. The molecule has 5 heteroatoms. The van der Waals surface area contributed by atoms with E-state index in [2.05, 4.69) is 28.3 Å². The molecule has 1 aromatic carbocycles. The molecule has 3 nitrogen and oxygen atoms in total. The Morgan fingerprint density at radius 3 is 2.65 bits per heavy atom. The zero-order chi connectivity index (χ0) is 12.6. The molecule has 0 saturated heterocycles. The van der Waals surface area contributed by atoms with Gasteiger partial charge in [0.05, 0.1) is 5.41 Å². The van der Waals surface area contributed by atoms with Crippen molar-refractivity contribution in [3.63, 3.8) is 0 Å². The fraction of sp³-hybridized carbons (Fsp3) is 0.417. The number of hydrogen-bond donors (Lipinski definition) is 2. The largest absolute Gasteiger partial charge is 0.293 e. The van der Waals surface area contributed by atoms with Crippen molar-refractivity contribution < 1.29 is 9.18 Å². The highest BCUT2D eigenvalue weighted by Crippen LogP contribution is 2.48. The maximum atomic E-state index is 13.4. The second kappa shape index (κ2) is 4.38. The van der Waals surface area contributed by atoms with E-state index in [1.807, 2.05) is 0 Å². The molecule has 17 heavy (non-hydrogen) atoms. The molecule has 92 valence electrons. The van der Waals surface area contributed by atoms with Crippen LogP contribution >= 0.6 is 15.9 Å². The predicted molar refractivity (Wildman–Crippen MR) is 66.5 cm³/mol. The first kappa shape index (κ1) is 12.5. The highest BCUT2D eigenvalue weighted by Gasteiger charge is 2.49. The minimum Gasteiger partial charge on any atom is -0.293 e. The molecule has 3 N–H and O–H groups in total. The van der Waals surface area contributed by atoms with Crippen LogP contribution in [-0.4, -0.2) is 5.91 Å². The van der Waals surface area contributed by atoms with Gasteiger partial charge in [0.15, 0.2) is 0 Å². The van der Waals surface area contributed by atoms with E-state index in [1.165, 1.54) is 12.1 Å². The van der Waals surface area contributed by atoms with Crippen molar-refractivity contribution in [1.82, 2.24) is 5.43 Å². The molecular weight excluding hydrogens is 287 g/mol. The minimum atomic E-state index is -0.668. The van der Waals surface area contributed by atoms with Crippen molar-refractivity contribution in [2.45, 2.75) is 25.2 Å². The number of benzene rings is 1. The van der Waals surface area contributed by atoms with Gasteiger partial charge in [-0.1, -0.05) is 22.9 Å². The normalized spacial score (nSPS) is 27.4. The van der Waals surface area contributed by atoms with Crippen molar-refractivity contribution in [2.75, 3.05) is 0 Å². The van der Waals surface area contributed by atoms with Gasteiger partial charge >= 0.3 is 0 Å². The molecule has 1 fully saturated rings. The topological polar surface area (TPSA) is 55.1 Å². The third-order valence-electron chi connectivity index (χ3n) is 3.37. The average Bonchev–Trinajstić information content (AvgIpc) is 2.22. The molecular formula is C12H14BrFN2O. The fourth-order valence-electron chi connectivity index (χ4n) is 2.65. The summed E-state index contributed by atoms with van der Waals surface area (Å²) in [6, 6.07) is 4.57. The zero-order valence-electron chi connectivity index (χ0n) is 9.47. The standard InChI is InChI=1S/C12H14BrFN2O/c1-7-5-12(6-7,11(17)16-15)8-2-9(13)4-10(14)3-8/h2-4,7H,5-6,15H2,1H3,(H,16,17). The van der Waals surface area contributed by atoms with Crippen LogP contribution < -0.4 is 11.3 Å². The van der Waals surface area contributed by atoms with Crippen LogP contribution in [0.3, 0.4) is 0 Å². The van der Waals surface area contributed by atoms with Crippen LogP contribution in [-0.2, 0) is 10.2 Å². The molecule has 1 aliphatic carbocycles. The quantitative estimate of drug-likeness (QED) is 0.500. The van der Waals surface area contributed by atoms with Gasteiger partial charge in [-0.2, -0.15) is 0 Å². The van der Waals surface area contributed by atoms with Gasteiger partial charge in [0.1, 0.15) is 5.82 Å². The summed E-state index contributed by atoms with van der Waals surface area (Å²) in [4.78, 5) is 11.9. The number of nitrogens with two attached hydrogens (primary N) is 1. The first-order valence-corrected chi connectivity index (χ1v) is 6.25. The van der Waals surface area contributed by atoms with E-state index in [0.717, 1.165) is 0 Å². The van der Waals surface area contributed by atoms with Gasteiger partial charge in [-0.15, -0.1) is 0 Å².